The van der Waals surface area contributed by atoms with Gasteiger partial charge in [0.15, 0.2) is 0 Å². The zero-order chi connectivity index (χ0) is 13.3. The molecule has 0 aliphatic carbocycles. The highest BCUT2D eigenvalue weighted by atomic mass is 16.3. The van der Waals surface area contributed by atoms with Crippen LogP contribution >= 0.6 is 0 Å². The maximum atomic E-state index is 12.3. The topological polar surface area (TPSA) is 58.4 Å². The maximum absolute atomic E-state index is 12.3. The molecule has 1 atom stereocenters. The number of carbonyl (C=O) groups is 1. The minimum atomic E-state index is 0.00906. The van der Waals surface area contributed by atoms with Crippen molar-refractivity contribution in [1.29, 1.82) is 0 Å². The summed E-state index contributed by atoms with van der Waals surface area (Å²) in [6.45, 7) is 4.75. The summed E-state index contributed by atoms with van der Waals surface area (Å²) >= 11 is 0. The van der Waals surface area contributed by atoms with Crippen molar-refractivity contribution < 1.29 is 9.90 Å². The van der Waals surface area contributed by atoms with Gasteiger partial charge in [-0.25, -0.2) is 0 Å². The molecule has 1 aromatic rings. The zero-order valence-electron chi connectivity index (χ0n) is 11.3. The molecule has 0 saturated carbocycles. The predicted molar refractivity (Wildman–Crippen MR) is 68.2 cm³/mol. The van der Waals surface area contributed by atoms with Crippen molar-refractivity contribution in [3.05, 3.63) is 17.0 Å². The number of amides is 1. The molecule has 2 heterocycles. The summed E-state index contributed by atoms with van der Waals surface area (Å²) < 4.78 is 1.81. The molecule has 5 heteroatoms. The molecule has 2 rings (SSSR count). The summed E-state index contributed by atoms with van der Waals surface area (Å²) in [4.78, 5) is 14.1. The predicted octanol–water partition coefficient (Wildman–Crippen LogP) is 0.563. The van der Waals surface area contributed by atoms with Gasteiger partial charge in [-0.15, -0.1) is 0 Å². The summed E-state index contributed by atoms with van der Waals surface area (Å²) in [5.74, 6) is 0.103. The number of aromatic nitrogens is 2. The van der Waals surface area contributed by atoms with Crippen LogP contribution in [0.2, 0.25) is 0 Å². The fourth-order valence-corrected chi connectivity index (χ4v) is 2.68. The van der Waals surface area contributed by atoms with E-state index in [2.05, 4.69) is 5.10 Å². The van der Waals surface area contributed by atoms with E-state index in [4.69, 9.17) is 0 Å². The molecule has 18 heavy (non-hydrogen) atoms. The number of aryl methyl sites for hydroxylation is 2. The summed E-state index contributed by atoms with van der Waals surface area (Å²) in [7, 11) is 1.89. The van der Waals surface area contributed by atoms with E-state index in [1.807, 2.05) is 30.5 Å². The molecule has 1 aliphatic rings. The number of carbonyl (C=O) groups excluding carboxylic acids is 1. The molecule has 1 saturated heterocycles. The van der Waals surface area contributed by atoms with Crippen LogP contribution in [0.5, 0.6) is 0 Å². The first-order valence-electron chi connectivity index (χ1n) is 6.44. The average molecular weight is 251 g/mol. The lowest BCUT2D eigenvalue weighted by Crippen LogP contribution is -2.38. The normalized spacial score (nSPS) is 19.6. The fourth-order valence-electron chi connectivity index (χ4n) is 2.68. The summed E-state index contributed by atoms with van der Waals surface area (Å²) in [5, 5.41) is 13.6. The van der Waals surface area contributed by atoms with Gasteiger partial charge in [0, 0.05) is 24.8 Å². The fraction of sp³-hybridized carbons (Fsp3) is 0.692. The van der Waals surface area contributed by atoms with E-state index in [1.165, 1.54) is 0 Å². The number of hydrogen-bond donors (Lipinski definition) is 1. The molecule has 0 aromatic carbocycles. The van der Waals surface area contributed by atoms with E-state index >= 15 is 0 Å². The second kappa shape index (κ2) is 5.10. The number of aliphatic hydroxyl groups is 1. The van der Waals surface area contributed by atoms with Crippen LogP contribution in [0, 0.1) is 13.8 Å². The number of rotatable bonds is 3. The Labute approximate surface area is 107 Å². The third-order valence-electron chi connectivity index (χ3n) is 3.90. The highest BCUT2D eigenvalue weighted by Gasteiger charge is 2.28. The number of aliphatic hydroxyl groups excluding tert-OH is 1. The Hall–Kier alpha value is -1.36. The molecule has 100 valence electrons. The average Bonchev–Trinajstić information content (AvgIpc) is 2.90. The smallest absolute Gasteiger partial charge is 0.227 e. The van der Waals surface area contributed by atoms with Crippen molar-refractivity contribution in [3.8, 4) is 0 Å². The minimum absolute atomic E-state index is 0.00906. The van der Waals surface area contributed by atoms with Gasteiger partial charge in [-0.2, -0.15) is 5.10 Å². The SMILES string of the molecule is Cc1nn(C)c(C)c1CC(=O)N1CCCC1CO. The van der Waals surface area contributed by atoms with E-state index in [0.717, 1.165) is 36.3 Å². The Morgan fingerprint density at radius 2 is 2.22 bits per heavy atom. The van der Waals surface area contributed by atoms with Crippen LogP contribution in [-0.2, 0) is 18.3 Å². The van der Waals surface area contributed by atoms with Crippen molar-refractivity contribution in [2.24, 2.45) is 7.05 Å². The molecule has 5 nitrogen and oxygen atoms in total. The van der Waals surface area contributed by atoms with Crippen LogP contribution in [0.15, 0.2) is 0 Å². The van der Waals surface area contributed by atoms with Crippen LogP contribution in [-0.4, -0.2) is 44.9 Å². The Kier molecular flexibility index (Phi) is 3.71. The van der Waals surface area contributed by atoms with Gasteiger partial charge in [0.1, 0.15) is 0 Å². The minimum Gasteiger partial charge on any atom is -0.394 e. The number of likely N-dealkylation sites (tertiary alicyclic amines) is 1. The second-order valence-electron chi connectivity index (χ2n) is 5.02. The first kappa shape index (κ1) is 13.1. The Morgan fingerprint density at radius 1 is 1.50 bits per heavy atom. The van der Waals surface area contributed by atoms with Gasteiger partial charge in [0.05, 0.1) is 24.8 Å². The summed E-state index contributed by atoms with van der Waals surface area (Å²) in [6, 6.07) is 0.00906. The van der Waals surface area contributed by atoms with E-state index in [-0.39, 0.29) is 18.6 Å². The Bertz CT molecular complexity index is 453. The second-order valence-corrected chi connectivity index (χ2v) is 5.02. The number of hydrogen-bond acceptors (Lipinski definition) is 3. The Balaban J connectivity index is 2.11. The van der Waals surface area contributed by atoms with Crippen molar-refractivity contribution in [3.63, 3.8) is 0 Å². The van der Waals surface area contributed by atoms with Gasteiger partial charge in [-0.05, 0) is 26.7 Å². The van der Waals surface area contributed by atoms with Crippen molar-refractivity contribution in [2.45, 2.75) is 39.2 Å². The molecular formula is C13H21N3O2. The van der Waals surface area contributed by atoms with Gasteiger partial charge in [-0.1, -0.05) is 0 Å². The van der Waals surface area contributed by atoms with Crippen molar-refractivity contribution >= 4 is 5.91 Å². The molecule has 1 fully saturated rings. The lowest BCUT2D eigenvalue weighted by molar-refractivity contribution is -0.132. The monoisotopic (exact) mass is 251 g/mol. The largest absolute Gasteiger partial charge is 0.394 e. The Morgan fingerprint density at radius 3 is 2.78 bits per heavy atom. The summed E-state index contributed by atoms with van der Waals surface area (Å²) in [6.07, 6.45) is 2.29. The van der Waals surface area contributed by atoms with E-state index < -0.39 is 0 Å². The van der Waals surface area contributed by atoms with Gasteiger partial charge < -0.3 is 10.0 Å². The lowest BCUT2D eigenvalue weighted by Gasteiger charge is -2.23. The summed E-state index contributed by atoms with van der Waals surface area (Å²) in [5.41, 5.74) is 2.98. The molecule has 1 unspecified atom stereocenters. The van der Waals surface area contributed by atoms with E-state index in [9.17, 15) is 9.90 Å². The molecular weight excluding hydrogens is 230 g/mol. The van der Waals surface area contributed by atoms with E-state index in [1.54, 1.807) is 0 Å². The van der Waals surface area contributed by atoms with Crippen molar-refractivity contribution in [2.75, 3.05) is 13.2 Å². The quantitative estimate of drug-likeness (QED) is 0.854. The van der Waals surface area contributed by atoms with Crippen molar-refractivity contribution in [1.82, 2.24) is 14.7 Å². The zero-order valence-corrected chi connectivity index (χ0v) is 11.3. The number of nitrogens with zero attached hydrogens (tertiary/aromatic N) is 3. The highest BCUT2D eigenvalue weighted by molar-refractivity contribution is 5.80. The van der Waals surface area contributed by atoms with Gasteiger partial charge >= 0.3 is 0 Å². The standard InChI is InChI=1S/C13H21N3O2/c1-9-12(10(2)15(3)14-9)7-13(18)16-6-4-5-11(16)8-17/h11,17H,4-8H2,1-3H3. The van der Waals surface area contributed by atoms with Gasteiger partial charge in [0.25, 0.3) is 0 Å². The highest BCUT2D eigenvalue weighted by Crippen LogP contribution is 2.20. The first-order valence-corrected chi connectivity index (χ1v) is 6.44. The molecule has 1 aromatic heterocycles. The first-order chi connectivity index (χ1) is 8.54. The van der Waals surface area contributed by atoms with Crippen LogP contribution in [0.3, 0.4) is 0 Å². The molecule has 1 aliphatic heterocycles. The molecule has 1 N–H and O–H groups in total. The van der Waals surface area contributed by atoms with Gasteiger partial charge in [0.2, 0.25) is 5.91 Å². The molecule has 0 bridgehead atoms. The van der Waals surface area contributed by atoms with Crippen LogP contribution in [0.25, 0.3) is 0 Å². The van der Waals surface area contributed by atoms with Crippen LogP contribution in [0.1, 0.15) is 29.8 Å². The van der Waals surface area contributed by atoms with Gasteiger partial charge in [-0.3, -0.25) is 9.48 Å². The molecule has 1 amide bonds. The third-order valence-corrected chi connectivity index (χ3v) is 3.90. The third kappa shape index (κ3) is 2.27. The van der Waals surface area contributed by atoms with E-state index in [0.29, 0.717) is 6.42 Å². The maximum Gasteiger partial charge on any atom is 0.227 e. The molecule has 0 radical (unpaired) electrons. The van der Waals surface area contributed by atoms with Crippen LogP contribution in [0.4, 0.5) is 0 Å². The molecule has 0 spiro atoms. The lowest BCUT2D eigenvalue weighted by atomic mass is 10.1. The van der Waals surface area contributed by atoms with Crippen LogP contribution < -0.4 is 0 Å².